The van der Waals surface area contributed by atoms with Crippen LogP contribution in [-0.4, -0.2) is 26.3 Å². The first-order valence-electron chi connectivity index (χ1n) is 7.84. The summed E-state index contributed by atoms with van der Waals surface area (Å²) in [6.07, 6.45) is 13.2. The normalized spacial score (nSPS) is 12.4. The molecule has 0 aromatic heterocycles. The van der Waals surface area contributed by atoms with Crippen LogP contribution in [0.25, 0.3) is 0 Å². The van der Waals surface area contributed by atoms with E-state index in [4.69, 9.17) is 4.74 Å². The van der Waals surface area contributed by atoms with Gasteiger partial charge in [0.05, 0.1) is 19.6 Å². The number of ether oxygens (including phenoxy) is 2. The van der Waals surface area contributed by atoms with Gasteiger partial charge in [-0.15, -0.1) is 0 Å². The summed E-state index contributed by atoms with van der Waals surface area (Å²) in [5.41, 5.74) is 0. The minimum Gasteiger partial charge on any atom is -0.469 e. The van der Waals surface area contributed by atoms with E-state index in [1.54, 1.807) is 7.11 Å². The monoisotopic (exact) mass is 272 g/mol. The summed E-state index contributed by atoms with van der Waals surface area (Å²) in [6, 6.07) is 0. The predicted octanol–water partition coefficient (Wildman–Crippen LogP) is 4.49. The molecule has 0 radical (unpaired) electrons. The molecule has 0 spiro atoms. The van der Waals surface area contributed by atoms with E-state index in [-0.39, 0.29) is 12.1 Å². The van der Waals surface area contributed by atoms with Gasteiger partial charge in [-0.05, 0) is 6.42 Å². The molecular formula is C16H32O3. The lowest BCUT2D eigenvalue weighted by Crippen LogP contribution is -2.17. The molecule has 0 aromatic rings. The van der Waals surface area contributed by atoms with Crippen LogP contribution >= 0.6 is 0 Å². The Kier molecular flexibility index (Phi) is 13.4. The Morgan fingerprint density at radius 3 is 1.89 bits per heavy atom. The van der Waals surface area contributed by atoms with Gasteiger partial charge in [0.15, 0.2) is 0 Å². The summed E-state index contributed by atoms with van der Waals surface area (Å²) in [6.45, 7) is 2.25. The van der Waals surface area contributed by atoms with Gasteiger partial charge < -0.3 is 9.47 Å². The lowest BCUT2D eigenvalue weighted by Gasteiger charge is -2.13. The Morgan fingerprint density at radius 1 is 0.895 bits per heavy atom. The Hall–Kier alpha value is -0.570. The minimum atomic E-state index is -0.178. The molecule has 19 heavy (non-hydrogen) atoms. The molecule has 3 nitrogen and oxygen atoms in total. The van der Waals surface area contributed by atoms with E-state index in [1.165, 1.54) is 58.5 Å². The average molecular weight is 272 g/mol. The zero-order valence-electron chi connectivity index (χ0n) is 13.1. The first-order chi connectivity index (χ1) is 9.24. The van der Waals surface area contributed by atoms with Gasteiger partial charge in [-0.3, -0.25) is 4.79 Å². The third kappa shape index (κ3) is 12.2. The summed E-state index contributed by atoms with van der Waals surface area (Å²) in [4.78, 5) is 11.1. The fraction of sp³-hybridized carbons (Fsp3) is 0.938. The third-order valence-corrected chi connectivity index (χ3v) is 3.58. The van der Waals surface area contributed by atoms with E-state index >= 15 is 0 Å². The second kappa shape index (κ2) is 13.9. The molecule has 0 fully saturated rings. The van der Waals surface area contributed by atoms with Crippen molar-refractivity contribution >= 4 is 5.97 Å². The standard InChI is InChI=1S/C16H32O3/c1-4-5-6-7-8-9-10-11-12-13-15(18-2)14-16(17)19-3/h15H,4-14H2,1-3H3. The number of unbranched alkanes of at least 4 members (excludes halogenated alkanes) is 8. The van der Waals surface area contributed by atoms with Gasteiger partial charge in [-0.1, -0.05) is 64.7 Å². The number of hydrogen-bond donors (Lipinski definition) is 0. The van der Waals surface area contributed by atoms with Crippen LogP contribution in [0.3, 0.4) is 0 Å². The van der Waals surface area contributed by atoms with Gasteiger partial charge >= 0.3 is 5.97 Å². The average Bonchev–Trinajstić information content (AvgIpc) is 2.43. The second-order valence-corrected chi connectivity index (χ2v) is 5.26. The van der Waals surface area contributed by atoms with Crippen LogP contribution in [0.2, 0.25) is 0 Å². The Morgan fingerprint density at radius 2 is 1.42 bits per heavy atom. The first-order valence-corrected chi connectivity index (χ1v) is 7.84. The van der Waals surface area contributed by atoms with Gasteiger partial charge in [0, 0.05) is 7.11 Å². The highest BCUT2D eigenvalue weighted by molar-refractivity contribution is 5.69. The van der Waals surface area contributed by atoms with Gasteiger partial charge in [0.1, 0.15) is 0 Å². The van der Waals surface area contributed by atoms with Crippen molar-refractivity contribution in [2.45, 2.75) is 83.7 Å². The van der Waals surface area contributed by atoms with Crippen LogP contribution in [-0.2, 0) is 14.3 Å². The number of carbonyl (C=O) groups is 1. The molecule has 1 unspecified atom stereocenters. The Balaban J connectivity index is 3.33. The van der Waals surface area contributed by atoms with Crippen molar-refractivity contribution in [3.8, 4) is 0 Å². The molecule has 0 saturated carbocycles. The highest BCUT2D eigenvalue weighted by Crippen LogP contribution is 2.13. The number of methoxy groups -OCH3 is 2. The fourth-order valence-corrected chi connectivity index (χ4v) is 2.26. The Bertz CT molecular complexity index is 204. The third-order valence-electron chi connectivity index (χ3n) is 3.58. The SMILES string of the molecule is CCCCCCCCCCCC(CC(=O)OC)OC. The maximum atomic E-state index is 11.1. The van der Waals surface area contributed by atoms with Crippen molar-refractivity contribution in [3.05, 3.63) is 0 Å². The smallest absolute Gasteiger partial charge is 0.308 e. The molecule has 0 N–H and O–H groups in total. The van der Waals surface area contributed by atoms with Crippen LogP contribution in [0.4, 0.5) is 0 Å². The zero-order valence-corrected chi connectivity index (χ0v) is 13.1. The van der Waals surface area contributed by atoms with Crippen molar-refractivity contribution < 1.29 is 14.3 Å². The molecule has 114 valence electrons. The minimum absolute atomic E-state index is 0.0250. The lowest BCUT2D eigenvalue weighted by atomic mass is 10.0. The lowest BCUT2D eigenvalue weighted by molar-refractivity contribution is -0.143. The molecule has 0 rings (SSSR count). The summed E-state index contributed by atoms with van der Waals surface area (Å²) < 4.78 is 9.95. The van der Waals surface area contributed by atoms with Crippen molar-refractivity contribution in [3.63, 3.8) is 0 Å². The van der Waals surface area contributed by atoms with E-state index in [9.17, 15) is 4.79 Å². The van der Waals surface area contributed by atoms with E-state index in [2.05, 4.69) is 11.7 Å². The Labute approximate surface area is 119 Å². The van der Waals surface area contributed by atoms with Crippen LogP contribution in [0.1, 0.15) is 77.6 Å². The predicted molar refractivity (Wildman–Crippen MR) is 79.3 cm³/mol. The topological polar surface area (TPSA) is 35.5 Å². The molecule has 3 heteroatoms. The number of carbonyl (C=O) groups excluding carboxylic acids is 1. The van der Waals surface area contributed by atoms with E-state index in [0.29, 0.717) is 6.42 Å². The molecular weight excluding hydrogens is 240 g/mol. The van der Waals surface area contributed by atoms with Crippen LogP contribution in [0, 0.1) is 0 Å². The molecule has 1 atom stereocenters. The van der Waals surface area contributed by atoms with Crippen molar-refractivity contribution in [2.24, 2.45) is 0 Å². The molecule has 0 aliphatic rings. The summed E-state index contributed by atoms with van der Waals surface area (Å²) in [5, 5.41) is 0. The van der Waals surface area contributed by atoms with E-state index in [0.717, 1.165) is 12.8 Å². The molecule has 0 aliphatic carbocycles. The maximum Gasteiger partial charge on any atom is 0.308 e. The quantitative estimate of drug-likeness (QED) is 0.366. The number of esters is 1. The van der Waals surface area contributed by atoms with E-state index < -0.39 is 0 Å². The largest absolute Gasteiger partial charge is 0.469 e. The van der Waals surface area contributed by atoms with Gasteiger partial charge in [0.2, 0.25) is 0 Å². The van der Waals surface area contributed by atoms with Crippen LogP contribution in [0.5, 0.6) is 0 Å². The summed E-state index contributed by atoms with van der Waals surface area (Å²) in [7, 11) is 3.09. The second-order valence-electron chi connectivity index (χ2n) is 5.26. The highest BCUT2D eigenvalue weighted by atomic mass is 16.5. The van der Waals surface area contributed by atoms with Crippen molar-refractivity contribution in [1.29, 1.82) is 0 Å². The number of hydrogen-bond acceptors (Lipinski definition) is 3. The van der Waals surface area contributed by atoms with Crippen molar-refractivity contribution in [2.75, 3.05) is 14.2 Å². The molecule has 0 heterocycles. The van der Waals surface area contributed by atoms with E-state index in [1.807, 2.05) is 0 Å². The fourth-order valence-electron chi connectivity index (χ4n) is 2.26. The first kappa shape index (κ1) is 18.4. The maximum absolute atomic E-state index is 11.1. The molecule has 0 aromatic carbocycles. The zero-order chi connectivity index (χ0) is 14.3. The van der Waals surface area contributed by atoms with Crippen LogP contribution < -0.4 is 0 Å². The summed E-state index contributed by atoms with van der Waals surface area (Å²) in [5.74, 6) is -0.178. The number of rotatable bonds is 13. The van der Waals surface area contributed by atoms with Gasteiger partial charge in [0.25, 0.3) is 0 Å². The summed E-state index contributed by atoms with van der Waals surface area (Å²) >= 11 is 0. The molecule has 0 amide bonds. The highest BCUT2D eigenvalue weighted by Gasteiger charge is 2.12. The van der Waals surface area contributed by atoms with Crippen molar-refractivity contribution in [1.82, 2.24) is 0 Å². The van der Waals surface area contributed by atoms with Gasteiger partial charge in [-0.25, -0.2) is 0 Å². The molecule has 0 saturated heterocycles. The molecule has 0 aliphatic heterocycles. The molecule has 0 bridgehead atoms. The van der Waals surface area contributed by atoms with Gasteiger partial charge in [-0.2, -0.15) is 0 Å². The van der Waals surface area contributed by atoms with Crippen LogP contribution in [0.15, 0.2) is 0 Å².